The highest BCUT2D eigenvalue weighted by atomic mass is 16.2. The first kappa shape index (κ1) is 13.4. The Hall–Kier alpha value is -0.610. The molecule has 4 heteroatoms. The van der Waals surface area contributed by atoms with E-state index in [0.717, 1.165) is 25.6 Å². The Labute approximate surface area is 116 Å². The molecule has 2 saturated carbocycles. The van der Waals surface area contributed by atoms with Gasteiger partial charge in [0.05, 0.1) is 6.54 Å². The summed E-state index contributed by atoms with van der Waals surface area (Å²) in [6, 6.07) is 1.25. The molecule has 0 unspecified atom stereocenters. The molecular weight excluding hydrogens is 238 g/mol. The molecule has 0 atom stereocenters. The van der Waals surface area contributed by atoms with E-state index in [4.69, 9.17) is 0 Å². The number of carbonyl (C=O) groups excluding carboxylic acids is 1. The van der Waals surface area contributed by atoms with Crippen LogP contribution in [0.25, 0.3) is 0 Å². The van der Waals surface area contributed by atoms with E-state index in [1.165, 1.54) is 38.5 Å². The molecule has 108 valence electrons. The van der Waals surface area contributed by atoms with Gasteiger partial charge in [-0.05, 0) is 57.5 Å². The molecule has 0 radical (unpaired) electrons. The topological polar surface area (TPSA) is 35.6 Å². The average molecular weight is 265 g/mol. The molecule has 1 aliphatic heterocycles. The monoisotopic (exact) mass is 265 g/mol. The molecule has 19 heavy (non-hydrogen) atoms. The molecule has 0 spiro atoms. The Morgan fingerprint density at radius 1 is 1.05 bits per heavy atom. The van der Waals surface area contributed by atoms with E-state index in [1.54, 1.807) is 0 Å². The number of rotatable bonds is 6. The number of hydrogen-bond donors (Lipinski definition) is 1. The predicted molar refractivity (Wildman–Crippen MR) is 76.0 cm³/mol. The van der Waals surface area contributed by atoms with Crippen LogP contribution in [0.3, 0.4) is 0 Å². The Morgan fingerprint density at radius 3 is 2.26 bits per heavy atom. The normalized spacial score (nSPS) is 24.7. The molecule has 1 saturated heterocycles. The summed E-state index contributed by atoms with van der Waals surface area (Å²) in [7, 11) is 1.98. The zero-order valence-corrected chi connectivity index (χ0v) is 12.1. The van der Waals surface area contributed by atoms with E-state index in [-0.39, 0.29) is 0 Å². The van der Waals surface area contributed by atoms with Gasteiger partial charge in [0.1, 0.15) is 0 Å². The smallest absolute Gasteiger partial charge is 0.236 e. The van der Waals surface area contributed by atoms with Gasteiger partial charge in [0, 0.05) is 25.7 Å². The van der Waals surface area contributed by atoms with E-state index < -0.39 is 0 Å². The third kappa shape index (κ3) is 3.69. The lowest BCUT2D eigenvalue weighted by Gasteiger charge is -2.31. The van der Waals surface area contributed by atoms with Gasteiger partial charge >= 0.3 is 0 Å². The maximum Gasteiger partial charge on any atom is 0.236 e. The number of amides is 1. The standard InChI is InChI=1S/C15H27N3O/c1-17(13-2-3-13)15(19)11-18(14-4-5-14)10-12-6-8-16-9-7-12/h12-14,16H,2-11H2,1H3. The van der Waals surface area contributed by atoms with Crippen molar-refractivity contribution in [2.24, 2.45) is 5.92 Å². The maximum atomic E-state index is 12.3. The molecule has 3 fully saturated rings. The first-order chi connectivity index (χ1) is 9.24. The second-order valence-electron chi connectivity index (χ2n) is 6.59. The van der Waals surface area contributed by atoms with Gasteiger partial charge in [-0.3, -0.25) is 9.69 Å². The third-order valence-electron chi connectivity index (χ3n) is 4.84. The highest BCUT2D eigenvalue weighted by molar-refractivity contribution is 5.78. The van der Waals surface area contributed by atoms with E-state index in [0.29, 0.717) is 24.5 Å². The first-order valence-electron chi connectivity index (χ1n) is 7.94. The van der Waals surface area contributed by atoms with Crippen LogP contribution in [0.15, 0.2) is 0 Å². The van der Waals surface area contributed by atoms with Crippen molar-refractivity contribution >= 4 is 5.91 Å². The minimum Gasteiger partial charge on any atom is -0.342 e. The third-order valence-corrected chi connectivity index (χ3v) is 4.84. The fourth-order valence-corrected chi connectivity index (χ4v) is 3.13. The molecule has 3 aliphatic rings. The van der Waals surface area contributed by atoms with Crippen LogP contribution >= 0.6 is 0 Å². The molecule has 1 N–H and O–H groups in total. The molecule has 4 nitrogen and oxygen atoms in total. The summed E-state index contributed by atoms with van der Waals surface area (Å²) < 4.78 is 0. The molecule has 0 aromatic heterocycles. The fourth-order valence-electron chi connectivity index (χ4n) is 3.13. The number of hydrogen-bond acceptors (Lipinski definition) is 3. The summed E-state index contributed by atoms with van der Waals surface area (Å²) in [5.74, 6) is 1.13. The second-order valence-corrected chi connectivity index (χ2v) is 6.59. The molecule has 3 rings (SSSR count). The second kappa shape index (κ2) is 5.80. The molecule has 0 aromatic carbocycles. The van der Waals surface area contributed by atoms with Crippen molar-refractivity contribution in [1.82, 2.24) is 15.1 Å². The van der Waals surface area contributed by atoms with Crippen molar-refractivity contribution < 1.29 is 4.79 Å². The minimum absolute atomic E-state index is 0.336. The summed E-state index contributed by atoms with van der Waals surface area (Å²) in [5, 5.41) is 3.42. The van der Waals surface area contributed by atoms with Crippen molar-refractivity contribution in [1.29, 1.82) is 0 Å². The number of nitrogens with one attached hydrogen (secondary N) is 1. The molecule has 1 heterocycles. The van der Waals surface area contributed by atoms with Crippen LogP contribution in [-0.2, 0) is 4.79 Å². The van der Waals surface area contributed by atoms with Gasteiger partial charge < -0.3 is 10.2 Å². The van der Waals surface area contributed by atoms with Crippen molar-refractivity contribution in [2.75, 3.05) is 33.2 Å². The molecule has 1 amide bonds. The first-order valence-corrected chi connectivity index (χ1v) is 7.94. The van der Waals surface area contributed by atoms with Gasteiger partial charge in [-0.2, -0.15) is 0 Å². The Kier molecular flexibility index (Phi) is 4.08. The highest BCUT2D eigenvalue weighted by Crippen LogP contribution is 2.30. The Bertz CT molecular complexity index is 319. The predicted octanol–water partition coefficient (Wildman–Crippen LogP) is 1.07. The van der Waals surface area contributed by atoms with Crippen LogP contribution in [0.4, 0.5) is 0 Å². The Balaban J connectivity index is 1.50. The van der Waals surface area contributed by atoms with Crippen LogP contribution in [0.1, 0.15) is 38.5 Å². The van der Waals surface area contributed by atoms with E-state index in [2.05, 4.69) is 10.2 Å². The molecule has 0 bridgehead atoms. The SMILES string of the molecule is CN(C(=O)CN(CC1CCNCC1)C1CC1)C1CC1. The van der Waals surface area contributed by atoms with Crippen molar-refractivity contribution in [3.63, 3.8) is 0 Å². The van der Waals surface area contributed by atoms with Crippen LogP contribution in [0, 0.1) is 5.92 Å². The van der Waals surface area contributed by atoms with Crippen molar-refractivity contribution in [3.8, 4) is 0 Å². The summed E-state index contributed by atoms with van der Waals surface area (Å²) in [4.78, 5) is 16.7. The molecule has 0 aromatic rings. The van der Waals surface area contributed by atoms with Crippen LogP contribution in [0.2, 0.25) is 0 Å². The summed E-state index contributed by atoms with van der Waals surface area (Å²) in [6.07, 6.45) is 7.56. The number of nitrogens with zero attached hydrogens (tertiary/aromatic N) is 2. The fraction of sp³-hybridized carbons (Fsp3) is 0.933. The zero-order chi connectivity index (χ0) is 13.2. The van der Waals surface area contributed by atoms with Crippen LogP contribution in [0.5, 0.6) is 0 Å². The van der Waals surface area contributed by atoms with Gasteiger partial charge in [0.15, 0.2) is 0 Å². The van der Waals surface area contributed by atoms with Crippen LogP contribution < -0.4 is 5.32 Å². The van der Waals surface area contributed by atoms with Gasteiger partial charge in [-0.1, -0.05) is 0 Å². The lowest BCUT2D eigenvalue weighted by atomic mass is 9.97. The molecule has 2 aliphatic carbocycles. The minimum atomic E-state index is 0.336. The lowest BCUT2D eigenvalue weighted by molar-refractivity contribution is -0.132. The van der Waals surface area contributed by atoms with E-state index in [1.807, 2.05) is 11.9 Å². The zero-order valence-electron chi connectivity index (χ0n) is 12.1. The molecular formula is C15H27N3O. The highest BCUT2D eigenvalue weighted by Gasteiger charge is 2.35. The van der Waals surface area contributed by atoms with Crippen LogP contribution in [-0.4, -0.2) is 61.0 Å². The summed E-state index contributed by atoms with van der Waals surface area (Å²) in [6.45, 7) is 4.09. The van der Waals surface area contributed by atoms with E-state index >= 15 is 0 Å². The average Bonchev–Trinajstić information content (AvgIpc) is 3.31. The van der Waals surface area contributed by atoms with Crippen molar-refractivity contribution in [3.05, 3.63) is 0 Å². The summed E-state index contributed by atoms with van der Waals surface area (Å²) in [5.41, 5.74) is 0. The summed E-state index contributed by atoms with van der Waals surface area (Å²) >= 11 is 0. The lowest BCUT2D eigenvalue weighted by Crippen LogP contribution is -2.43. The van der Waals surface area contributed by atoms with Gasteiger partial charge in [-0.25, -0.2) is 0 Å². The Morgan fingerprint density at radius 2 is 1.68 bits per heavy atom. The van der Waals surface area contributed by atoms with E-state index in [9.17, 15) is 4.79 Å². The van der Waals surface area contributed by atoms with Gasteiger partial charge in [-0.15, -0.1) is 0 Å². The number of piperidine rings is 1. The maximum absolute atomic E-state index is 12.3. The number of carbonyl (C=O) groups is 1. The quantitative estimate of drug-likeness (QED) is 0.780. The largest absolute Gasteiger partial charge is 0.342 e. The van der Waals surface area contributed by atoms with Gasteiger partial charge in [0.2, 0.25) is 5.91 Å². The van der Waals surface area contributed by atoms with Crippen molar-refractivity contribution in [2.45, 2.75) is 50.6 Å². The number of likely N-dealkylation sites (N-methyl/N-ethyl adjacent to an activating group) is 1. The van der Waals surface area contributed by atoms with Gasteiger partial charge in [0.25, 0.3) is 0 Å².